The lowest BCUT2D eigenvalue weighted by molar-refractivity contribution is 0.887. The lowest BCUT2D eigenvalue weighted by Crippen LogP contribution is -2.11. The Kier molecular flexibility index (Phi) is 3.20. The van der Waals surface area contributed by atoms with Gasteiger partial charge in [0.25, 0.3) is 0 Å². The molecule has 1 heterocycles. The zero-order valence-electron chi connectivity index (χ0n) is 7.48. The Morgan fingerprint density at radius 1 is 1.14 bits per heavy atom. The summed E-state index contributed by atoms with van der Waals surface area (Å²) in [6, 6.07) is 12.4. The van der Waals surface area contributed by atoms with Crippen LogP contribution in [-0.2, 0) is 0 Å². The topological polar surface area (TPSA) is 26.0 Å². The third-order valence-corrected chi connectivity index (χ3v) is 4.03. The predicted octanol–water partition coefficient (Wildman–Crippen LogP) is 3.40. The summed E-state index contributed by atoms with van der Waals surface area (Å²) >= 11 is 4.03. The fourth-order valence-corrected chi connectivity index (χ4v) is 2.82. The van der Waals surface area contributed by atoms with Crippen molar-refractivity contribution in [2.45, 2.75) is 6.04 Å². The van der Waals surface area contributed by atoms with Gasteiger partial charge in [0.1, 0.15) is 0 Å². The molecule has 0 aliphatic rings. The lowest BCUT2D eigenvalue weighted by atomic mass is 10.1. The van der Waals surface area contributed by atoms with E-state index in [-0.39, 0.29) is 6.04 Å². The molecule has 0 unspecified atom stereocenters. The van der Waals surface area contributed by atoms with Gasteiger partial charge in [-0.3, -0.25) is 0 Å². The van der Waals surface area contributed by atoms with E-state index in [2.05, 4.69) is 46.2 Å². The van der Waals surface area contributed by atoms with E-state index in [9.17, 15) is 0 Å². The van der Waals surface area contributed by atoms with Crippen molar-refractivity contribution in [3.8, 4) is 0 Å². The van der Waals surface area contributed by atoms with Gasteiger partial charge in [0.05, 0.1) is 6.04 Å². The molecule has 1 nitrogen and oxygen atoms in total. The molecule has 1 aromatic heterocycles. The molecule has 0 amide bonds. The Bertz CT molecular complexity index is 411. The molecule has 3 heteroatoms. The zero-order valence-corrected chi connectivity index (χ0v) is 10.5. The van der Waals surface area contributed by atoms with Gasteiger partial charge in [-0.15, -0.1) is 11.3 Å². The largest absolute Gasteiger partial charge is 0.320 e. The van der Waals surface area contributed by atoms with Gasteiger partial charge in [-0.05, 0) is 45.7 Å². The van der Waals surface area contributed by atoms with E-state index in [4.69, 9.17) is 5.73 Å². The Morgan fingerprint density at radius 3 is 2.57 bits per heavy atom. The summed E-state index contributed by atoms with van der Waals surface area (Å²) in [5.41, 5.74) is 7.37. The van der Waals surface area contributed by atoms with Crippen molar-refractivity contribution in [3.05, 3.63) is 55.8 Å². The summed E-state index contributed by atoms with van der Waals surface area (Å²) in [6.45, 7) is 0. The van der Waals surface area contributed by atoms with Crippen molar-refractivity contribution in [2.75, 3.05) is 0 Å². The predicted molar refractivity (Wildman–Crippen MR) is 69.5 cm³/mol. The first kappa shape index (κ1) is 10.1. The molecular formula is C11H10INS. The van der Waals surface area contributed by atoms with Crippen LogP contribution in [0.1, 0.15) is 16.5 Å². The minimum Gasteiger partial charge on any atom is -0.320 e. The summed E-state index contributed by atoms with van der Waals surface area (Å²) < 4.78 is 1.23. The number of nitrogens with two attached hydrogens (primary N) is 1. The highest BCUT2D eigenvalue weighted by Gasteiger charge is 2.11. The van der Waals surface area contributed by atoms with E-state index in [0.29, 0.717) is 0 Å². The van der Waals surface area contributed by atoms with E-state index < -0.39 is 0 Å². The van der Waals surface area contributed by atoms with Crippen molar-refractivity contribution >= 4 is 33.9 Å². The molecule has 0 spiro atoms. The Balaban J connectivity index is 2.37. The standard InChI is InChI=1S/C11H10INS/c12-9-5-2-1-4-8(9)11(13)10-6-3-7-14-10/h1-7,11H,13H2/t11-/m0/s1. The lowest BCUT2D eigenvalue weighted by Gasteiger charge is -2.11. The molecule has 2 rings (SSSR count). The third-order valence-electron chi connectivity index (χ3n) is 2.09. The second-order valence-electron chi connectivity index (χ2n) is 3.01. The van der Waals surface area contributed by atoms with Gasteiger partial charge in [0.2, 0.25) is 0 Å². The van der Waals surface area contributed by atoms with Crippen molar-refractivity contribution in [1.82, 2.24) is 0 Å². The van der Waals surface area contributed by atoms with E-state index in [1.807, 2.05) is 18.2 Å². The van der Waals surface area contributed by atoms with Crippen molar-refractivity contribution in [1.29, 1.82) is 0 Å². The summed E-state index contributed by atoms with van der Waals surface area (Å²) in [7, 11) is 0. The van der Waals surface area contributed by atoms with E-state index in [0.717, 1.165) is 0 Å². The molecule has 2 N–H and O–H groups in total. The van der Waals surface area contributed by atoms with Crippen LogP contribution in [0.5, 0.6) is 0 Å². The SMILES string of the molecule is N[C@H](c1cccs1)c1ccccc1I. The molecular weight excluding hydrogens is 305 g/mol. The second kappa shape index (κ2) is 4.42. The van der Waals surface area contributed by atoms with Crippen LogP contribution >= 0.6 is 33.9 Å². The van der Waals surface area contributed by atoms with Gasteiger partial charge in [-0.2, -0.15) is 0 Å². The minimum absolute atomic E-state index is 0.0168. The molecule has 0 saturated heterocycles. The van der Waals surface area contributed by atoms with Crippen LogP contribution in [0.25, 0.3) is 0 Å². The number of halogens is 1. The molecule has 0 aliphatic carbocycles. The van der Waals surface area contributed by atoms with Crippen LogP contribution in [0.15, 0.2) is 41.8 Å². The third kappa shape index (κ3) is 1.99. The van der Waals surface area contributed by atoms with Crippen LogP contribution in [-0.4, -0.2) is 0 Å². The molecule has 72 valence electrons. The fourth-order valence-electron chi connectivity index (χ4n) is 1.35. The van der Waals surface area contributed by atoms with Gasteiger partial charge < -0.3 is 5.73 Å². The highest BCUT2D eigenvalue weighted by atomic mass is 127. The van der Waals surface area contributed by atoms with Crippen LogP contribution in [0.3, 0.4) is 0 Å². The summed E-state index contributed by atoms with van der Waals surface area (Å²) in [4.78, 5) is 1.22. The van der Waals surface area contributed by atoms with Gasteiger partial charge in [0.15, 0.2) is 0 Å². The monoisotopic (exact) mass is 315 g/mol. The maximum atomic E-state index is 6.17. The molecule has 2 aromatic rings. The van der Waals surface area contributed by atoms with Crippen LogP contribution in [0.2, 0.25) is 0 Å². The van der Waals surface area contributed by atoms with E-state index >= 15 is 0 Å². The molecule has 1 atom stereocenters. The number of hydrogen-bond acceptors (Lipinski definition) is 2. The number of benzene rings is 1. The number of hydrogen-bond donors (Lipinski definition) is 1. The van der Waals surface area contributed by atoms with Gasteiger partial charge >= 0.3 is 0 Å². The Hall–Kier alpha value is -0.390. The highest BCUT2D eigenvalue weighted by molar-refractivity contribution is 14.1. The summed E-state index contributed by atoms with van der Waals surface area (Å²) in [5, 5.41) is 2.06. The normalized spacial score (nSPS) is 12.7. The minimum atomic E-state index is 0.0168. The number of thiophene rings is 1. The first-order valence-corrected chi connectivity index (χ1v) is 6.28. The van der Waals surface area contributed by atoms with E-state index in [1.54, 1.807) is 11.3 Å². The summed E-state index contributed by atoms with van der Waals surface area (Å²) in [5.74, 6) is 0. The maximum absolute atomic E-state index is 6.17. The molecule has 0 saturated carbocycles. The zero-order chi connectivity index (χ0) is 9.97. The molecule has 0 aliphatic heterocycles. The quantitative estimate of drug-likeness (QED) is 0.845. The smallest absolute Gasteiger partial charge is 0.0656 e. The molecule has 0 radical (unpaired) electrons. The van der Waals surface area contributed by atoms with E-state index in [1.165, 1.54) is 14.0 Å². The van der Waals surface area contributed by atoms with Crippen molar-refractivity contribution < 1.29 is 0 Å². The average molecular weight is 315 g/mol. The van der Waals surface area contributed by atoms with Crippen molar-refractivity contribution in [3.63, 3.8) is 0 Å². The first-order valence-electron chi connectivity index (χ1n) is 4.32. The van der Waals surface area contributed by atoms with Crippen molar-refractivity contribution in [2.24, 2.45) is 5.73 Å². The molecule has 1 aromatic carbocycles. The highest BCUT2D eigenvalue weighted by Crippen LogP contribution is 2.26. The van der Waals surface area contributed by atoms with Gasteiger partial charge in [-0.1, -0.05) is 24.3 Å². The molecule has 0 fully saturated rings. The van der Waals surface area contributed by atoms with Gasteiger partial charge in [-0.25, -0.2) is 0 Å². The fraction of sp³-hybridized carbons (Fsp3) is 0.0909. The summed E-state index contributed by atoms with van der Waals surface area (Å²) in [6.07, 6.45) is 0. The molecule has 14 heavy (non-hydrogen) atoms. The van der Waals surface area contributed by atoms with Crippen LogP contribution < -0.4 is 5.73 Å². The average Bonchev–Trinajstić information content (AvgIpc) is 2.70. The van der Waals surface area contributed by atoms with Crippen LogP contribution in [0, 0.1) is 3.57 Å². The Labute approximate surface area is 101 Å². The molecule has 0 bridgehead atoms. The second-order valence-corrected chi connectivity index (χ2v) is 5.16. The maximum Gasteiger partial charge on any atom is 0.0656 e. The van der Waals surface area contributed by atoms with Crippen LogP contribution in [0.4, 0.5) is 0 Å². The van der Waals surface area contributed by atoms with Gasteiger partial charge in [0, 0.05) is 8.45 Å². The first-order chi connectivity index (χ1) is 6.79. The number of rotatable bonds is 2. The Morgan fingerprint density at radius 2 is 1.93 bits per heavy atom.